The van der Waals surface area contributed by atoms with Crippen molar-refractivity contribution in [3.8, 4) is 0 Å². The van der Waals surface area contributed by atoms with E-state index in [1.165, 1.54) is 12.1 Å². The Morgan fingerprint density at radius 1 is 1.42 bits per heavy atom. The SMILES string of the molecule is O=C(NC1CCC(CCl)CC1)c1ccc([N+](=O)[O-])o1. The zero-order valence-corrected chi connectivity index (χ0v) is 11.1. The van der Waals surface area contributed by atoms with Gasteiger partial charge < -0.3 is 9.73 Å². The largest absolute Gasteiger partial charge is 0.433 e. The van der Waals surface area contributed by atoms with E-state index in [4.69, 9.17) is 16.0 Å². The van der Waals surface area contributed by atoms with E-state index in [1.807, 2.05) is 0 Å². The molecule has 1 aromatic heterocycles. The van der Waals surface area contributed by atoms with Crippen molar-refractivity contribution in [2.75, 3.05) is 5.88 Å². The molecule has 0 aliphatic heterocycles. The highest BCUT2D eigenvalue weighted by molar-refractivity contribution is 6.18. The Labute approximate surface area is 115 Å². The standard InChI is InChI=1S/C12H15ClN2O4/c13-7-8-1-3-9(4-2-8)14-12(16)10-5-6-11(19-10)15(17)18/h5-6,8-9H,1-4,7H2,(H,14,16). The van der Waals surface area contributed by atoms with Crippen LogP contribution in [0.1, 0.15) is 36.2 Å². The summed E-state index contributed by atoms with van der Waals surface area (Å²) in [4.78, 5) is 21.6. The summed E-state index contributed by atoms with van der Waals surface area (Å²) in [6, 6.07) is 2.59. The van der Waals surface area contributed by atoms with Crippen LogP contribution in [0.5, 0.6) is 0 Å². The number of hydrogen-bond acceptors (Lipinski definition) is 4. The Morgan fingerprint density at radius 2 is 2.11 bits per heavy atom. The number of amides is 1. The fraction of sp³-hybridized carbons (Fsp3) is 0.583. The highest BCUT2D eigenvalue weighted by Crippen LogP contribution is 2.25. The van der Waals surface area contributed by atoms with Crippen molar-refractivity contribution in [1.82, 2.24) is 5.32 Å². The van der Waals surface area contributed by atoms with Gasteiger partial charge in [0.1, 0.15) is 4.92 Å². The normalized spacial score (nSPS) is 23.0. The molecule has 0 unspecified atom stereocenters. The molecule has 1 amide bonds. The molecular weight excluding hydrogens is 272 g/mol. The first-order valence-corrected chi connectivity index (χ1v) is 6.74. The summed E-state index contributed by atoms with van der Waals surface area (Å²) >= 11 is 5.80. The van der Waals surface area contributed by atoms with Crippen LogP contribution in [0.25, 0.3) is 0 Å². The smallest absolute Gasteiger partial charge is 0.395 e. The maximum Gasteiger partial charge on any atom is 0.433 e. The predicted molar refractivity (Wildman–Crippen MR) is 69.3 cm³/mol. The van der Waals surface area contributed by atoms with Gasteiger partial charge in [-0.1, -0.05) is 0 Å². The Morgan fingerprint density at radius 3 is 2.63 bits per heavy atom. The molecule has 1 N–H and O–H groups in total. The molecule has 0 aromatic carbocycles. The van der Waals surface area contributed by atoms with E-state index < -0.39 is 16.7 Å². The quantitative estimate of drug-likeness (QED) is 0.524. The van der Waals surface area contributed by atoms with E-state index in [9.17, 15) is 14.9 Å². The number of hydrogen-bond donors (Lipinski definition) is 1. The average Bonchev–Trinajstić information content (AvgIpc) is 2.89. The number of furan rings is 1. The predicted octanol–water partition coefficient (Wildman–Crippen LogP) is 2.72. The van der Waals surface area contributed by atoms with Gasteiger partial charge >= 0.3 is 5.88 Å². The lowest BCUT2D eigenvalue weighted by Crippen LogP contribution is -2.37. The van der Waals surface area contributed by atoms with Crippen molar-refractivity contribution in [2.24, 2.45) is 5.92 Å². The summed E-state index contributed by atoms with van der Waals surface area (Å²) in [5, 5.41) is 13.3. The van der Waals surface area contributed by atoms with Crippen LogP contribution in [0.15, 0.2) is 16.5 Å². The van der Waals surface area contributed by atoms with Crippen LogP contribution in [-0.2, 0) is 0 Å². The fourth-order valence-electron chi connectivity index (χ4n) is 2.27. The second-order valence-corrected chi connectivity index (χ2v) is 5.05. The van der Waals surface area contributed by atoms with Crippen molar-refractivity contribution in [3.63, 3.8) is 0 Å². The van der Waals surface area contributed by atoms with E-state index >= 15 is 0 Å². The zero-order chi connectivity index (χ0) is 13.8. The van der Waals surface area contributed by atoms with Crippen LogP contribution in [0, 0.1) is 16.0 Å². The number of nitrogens with zero attached hydrogens (tertiary/aromatic N) is 1. The van der Waals surface area contributed by atoms with Gasteiger partial charge in [-0.2, -0.15) is 0 Å². The van der Waals surface area contributed by atoms with Crippen molar-refractivity contribution >= 4 is 23.4 Å². The first kappa shape index (κ1) is 13.9. The third-order valence-electron chi connectivity index (χ3n) is 3.40. The Bertz CT molecular complexity index is 466. The monoisotopic (exact) mass is 286 g/mol. The minimum Gasteiger partial charge on any atom is -0.395 e. The average molecular weight is 287 g/mol. The number of nitro groups is 1. The summed E-state index contributed by atoms with van der Waals surface area (Å²) in [7, 11) is 0. The molecule has 1 heterocycles. The lowest BCUT2D eigenvalue weighted by molar-refractivity contribution is -0.402. The Kier molecular flexibility index (Phi) is 4.42. The second-order valence-electron chi connectivity index (χ2n) is 4.74. The molecule has 0 radical (unpaired) electrons. The van der Waals surface area contributed by atoms with Crippen molar-refractivity contribution in [2.45, 2.75) is 31.7 Å². The van der Waals surface area contributed by atoms with Crippen LogP contribution < -0.4 is 5.32 Å². The lowest BCUT2D eigenvalue weighted by atomic mass is 9.87. The van der Waals surface area contributed by atoms with Crippen LogP contribution in [-0.4, -0.2) is 22.8 Å². The number of rotatable bonds is 4. The Hall–Kier alpha value is -1.56. The summed E-state index contributed by atoms with van der Waals surface area (Å²) in [5.74, 6) is 0.342. The summed E-state index contributed by atoms with van der Waals surface area (Å²) in [6.45, 7) is 0. The van der Waals surface area contributed by atoms with Gasteiger partial charge in [0, 0.05) is 11.9 Å². The van der Waals surface area contributed by atoms with Crippen LogP contribution >= 0.6 is 11.6 Å². The highest BCUT2D eigenvalue weighted by atomic mass is 35.5. The molecule has 0 saturated heterocycles. The number of nitrogens with one attached hydrogen (secondary N) is 1. The molecule has 104 valence electrons. The summed E-state index contributed by atoms with van der Waals surface area (Å²) < 4.78 is 4.86. The zero-order valence-electron chi connectivity index (χ0n) is 10.3. The molecule has 19 heavy (non-hydrogen) atoms. The van der Waals surface area contributed by atoms with E-state index in [2.05, 4.69) is 5.32 Å². The third-order valence-corrected chi connectivity index (χ3v) is 3.83. The molecule has 6 nitrogen and oxygen atoms in total. The number of alkyl halides is 1. The molecule has 0 bridgehead atoms. The van der Waals surface area contributed by atoms with Gasteiger partial charge in [0.25, 0.3) is 5.91 Å². The maximum absolute atomic E-state index is 11.8. The van der Waals surface area contributed by atoms with Crippen molar-refractivity contribution in [1.29, 1.82) is 0 Å². The first-order chi connectivity index (χ1) is 9.10. The minimum absolute atomic E-state index is 0.0221. The third kappa shape index (κ3) is 3.47. The number of halogens is 1. The first-order valence-electron chi connectivity index (χ1n) is 6.21. The van der Waals surface area contributed by atoms with Crippen LogP contribution in [0.2, 0.25) is 0 Å². The molecule has 0 spiro atoms. The van der Waals surface area contributed by atoms with Gasteiger partial charge in [-0.15, -0.1) is 11.6 Å². The van der Waals surface area contributed by atoms with E-state index in [0.29, 0.717) is 11.8 Å². The Balaban J connectivity index is 1.88. The topological polar surface area (TPSA) is 85.4 Å². The molecule has 1 fully saturated rings. The number of carbonyl (C=O) groups is 1. The molecule has 7 heteroatoms. The van der Waals surface area contributed by atoms with Gasteiger partial charge in [0.05, 0.1) is 6.07 Å². The summed E-state index contributed by atoms with van der Waals surface area (Å²) in [5.41, 5.74) is 0. The lowest BCUT2D eigenvalue weighted by Gasteiger charge is -2.27. The molecule has 1 saturated carbocycles. The molecule has 1 aliphatic rings. The van der Waals surface area contributed by atoms with E-state index in [1.54, 1.807) is 0 Å². The minimum atomic E-state index is -0.664. The molecule has 2 rings (SSSR count). The summed E-state index contributed by atoms with van der Waals surface area (Å²) in [6.07, 6.45) is 3.75. The fourth-order valence-corrected chi connectivity index (χ4v) is 2.57. The van der Waals surface area contributed by atoms with Gasteiger partial charge in [-0.3, -0.25) is 14.9 Å². The van der Waals surface area contributed by atoms with Gasteiger partial charge in [-0.25, -0.2) is 0 Å². The molecule has 1 aromatic rings. The van der Waals surface area contributed by atoms with Gasteiger partial charge in [0.2, 0.25) is 0 Å². The molecular formula is C12H15ClN2O4. The van der Waals surface area contributed by atoms with Crippen molar-refractivity contribution < 1.29 is 14.1 Å². The number of carbonyl (C=O) groups excluding carboxylic acids is 1. The molecule has 0 atom stereocenters. The second kappa shape index (κ2) is 6.06. The van der Waals surface area contributed by atoms with E-state index in [0.717, 1.165) is 25.7 Å². The van der Waals surface area contributed by atoms with Crippen LogP contribution in [0.4, 0.5) is 5.88 Å². The van der Waals surface area contributed by atoms with Gasteiger partial charge in [0.15, 0.2) is 5.76 Å². The van der Waals surface area contributed by atoms with Crippen molar-refractivity contribution in [3.05, 3.63) is 28.0 Å². The van der Waals surface area contributed by atoms with E-state index in [-0.39, 0.29) is 11.8 Å². The molecule has 1 aliphatic carbocycles. The maximum atomic E-state index is 11.8. The van der Waals surface area contributed by atoms with Gasteiger partial charge in [-0.05, 0) is 37.7 Å². The van der Waals surface area contributed by atoms with Crippen LogP contribution in [0.3, 0.4) is 0 Å². The highest BCUT2D eigenvalue weighted by Gasteiger charge is 2.24.